The molecule has 0 aliphatic heterocycles. The molecule has 0 radical (unpaired) electrons. The Morgan fingerprint density at radius 1 is 1.10 bits per heavy atom. The van der Waals surface area contributed by atoms with Crippen molar-refractivity contribution in [2.45, 2.75) is 32.0 Å². The number of anilines is 3. The maximum absolute atomic E-state index is 9.53. The van der Waals surface area contributed by atoms with Crippen molar-refractivity contribution in [1.82, 2.24) is 4.98 Å². The second-order valence-corrected chi connectivity index (χ2v) is 7.73. The molecule has 1 heterocycles. The highest BCUT2D eigenvalue weighted by atomic mass is 16.5. The minimum absolute atomic E-state index is 0.396. The van der Waals surface area contributed by atoms with Crippen LogP contribution in [0.15, 0.2) is 60.9 Å². The number of nitrogens with one attached hydrogen (secondary N) is 1. The Bertz CT molecular complexity index is 986. The van der Waals surface area contributed by atoms with E-state index < -0.39 is 6.29 Å². The van der Waals surface area contributed by atoms with Gasteiger partial charge < -0.3 is 20.4 Å². The number of hydrogen-bond acceptors (Lipinski definition) is 5. The van der Waals surface area contributed by atoms with Crippen LogP contribution in [0.4, 0.5) is 17.1 Å². The molecule has 0 amide bonds. The average Bonchev–Trinajstić information content (AvgIpc) is 3.14. The van der Waals surface area contributed by atoms with Crippen LogP contribution in [0.5, 0.6) is 0 Å². The van der Waals surface area contributed by atoms with Gasteiger partial charge in [0.1, 0.15) is 0 Å². The molecular weight excluding hydrogens is 362 g/mol. The third-order valence-electron chi connectivity index (χ3n) is 5.81. The molecule has 3 N–H and O–H groups in total. The highest BCUT2D eigenvalue weighted by Gasteiger charge is 2.23. The molecule has 5 heteroatoms. The highest BCUT2D eigenvalue weighted by Crippen LogP contribution is 2.37. The third-order valence-corrected chi connectivity index (χ3v) is 5.81. The van der Waals surface area contributed by atoms with E-state index >= 15 is 0 Å². The number of pyridine rings is 1. The molecule has 2 aromatic carbocycles. The number of aryl methyl sites for hydroxylation is 2. The maximum Gasteiger partial charge on any atom is 0.180 e. The molecule has 1 aromatic heterocycles. The first-order chi connectivity index (χ1) is 14.0. The number of aliphatic hydroxyl groups is 2. The summed E-state index contributed by atoms with van der Waals surface area (Å²) < 4.78 is 0. The van der Waals surface area contributed by atoms with E-state index in [2.05, 4.69) is 71.6 Å². The van der Waals surface area contributed by atoms with Gasteiger partial charge in [-0.25, -0.2) is 0 Å². The summed E-state index contributed by atoms with van der Waals surface area (Å²) in [6.07, 6.45) is 3.84. The fourth-order valence-electron chi connectivity index (χ4n) is 4.04. The zero-order valence-electron chi connectivity index (χ0n) is 16.8. The van der Waals surface area contributed by atoms with Gasteiger partial charge in [0.15, 0.2) is 6.29 Å². The monoisotopic (exact) mass is 389 g/mol. The Labute approximate surface area is 171 Å². The van der Waals surface area contributed by atoms with Gasteiger partial charge in [-0.15, -0.1) is 0 Å². The summed E-state index contributed by atoms with van der Waals surface area (Å²) >= 11 is 0. The van der Waals surface area contributed by atoms with E-state index in [-0.39, 0.29) is 0 Å². The first-order valence-corrected chi connectivity index (χ1v) is 10.00. The Hall–Kier alpha value is -2.89. The fraction of sp³-hybridized carbons (Fsp3) is 0.292. The molecule has 29 heavy (non-hydrogen) atoms. The molecule has 4 rings (SSSR count). The van der Waals surface area contributed by atoms with Crippen LogP contribution in [0, 0.1) is 6.92 Å². The normalized spacial score (nSPS) is 15.4. The van der Waals surface area contributed by atoms with Crippen LogP contribution >= 0.6 is 0 Å². The predicted molar refractivity (Wildman–Crippen MR) is 117 cm³/mol. The Morgan fingerprint density at radius 3 is 2.62 bits per heavy atom. The van der Waals surface area contributed by atoms with Gasteiger partial charge in [-0.1, -0.05) is 23.8 Å². The SMILES string of the molecule is Cc1ccc(N(C)c2ccc3c(c2)CC[C@@H]3CNc2cnccc2C(O)O)cc1. The van der Waals surface area contributed by atoms with Gasteiger partial charge in [0.2, 0.25) is 0 Å². The zero-order valence-corrected chi connectivity index (χ0v) is 16.8. The lowest BCUT2D eigenvalue weighted by atomic mass is 10.0. The van der Waals surface area contributed by atoms with Gasteiger partial charge in [0, 0.05) is 42.6 Å². The lowest BCUT2D eigenvalue weighted by Gasteiger charge is -2.21. The van der Waals surface area contributed by atoms with Crippen molar-refractivity contribution in [1.29, 1.82) is 0 Å². The van der Waals surface area contributed by atoms with Gasteiger partial charge >= 0.3 is 0 Å². The molecule has 0 bridgehead atoms. The van der Waals surface area contributed by atoms with Crippen LogP contribution in [-0.4, -0.2) is 28.8 Å². The van der Waals surface area contributed by atoms with E-state index in [0.717, 1.165) is 19.4 Å². The summed E-state index contributed by atoms with van der Waals surface area (Å²) in [5.74, 6) is 0.396. The second-order valence-electron chi connectivity index (χ2n) is 7.73. The van der Waals surface area contributed by atoms with Crippen LogP contribution in [0.25, 0.3) is 0 Å². The molecule has 5 nitrogen and oxygen atoms in total. The molecule has 1 aliphatic rings. The van der Waals surface area contributed by atoms with Crippen molar-refractivity contribution in [3.8, 4) is 0 Å². The Balaban J connectivity index is 1.48. The van der Waals surface area contributed by atoms with Crippen LogP contribution in [0.1, 0.15) is 40.9 Å². The third kappa shape index (κ3) is 4.11. The van der Waals surface area contributed by atoms with Crippen LogP contribution < -0.4 is 10.2 Å². The summed E-state index contributed by atoms with van der Waals surface area (Å²) in [5, 5.41) is 22.4. The van der Waals surface area contributed by atoms with E-state index in [1.165, 1.54) is 28.1 Å². The molecular formula is C24H27N3O2. The number of hydrogen-bond donors (Lipinski definition) is 3. The highest BCUT2D eigenvalue weighted by molar-refractivity contribution is 5.64. The molecule has 3 aromatic rings. The lowest BCUT2D eigenvalue weighted by molar-refractivity contribution is -0.0419. The maximum atomic E-state index is 9.53. The summed E-state index contributed by atoms with van der Waals surface area (Å²) in [5.41, 5.74) is 7.52. The molecule has 0 fully saturated rings. The molecule has 0 spiro atoms. The minimum Gasteiger partial charge on any atom is -0.383 e. The summed E-state index contributed by atoms with van der Waals surface area (Å²) in [6, 6.07) is 16.9. The molecule has 0 unspecified atom stereocenters. The van der Waals surface area contributed by atoms with Gasteiger partial charge in [-0.2, -0.15) is 0 Å². The van der Waals surface area contributed by atoms with E-state index in [9.17, 15) is 10.2 Å². The molecule has 1 aliphatic carbocycles. The van der Waals surface area contributed by atoms with Crippen molar-refractivity contribution >= 4 is 17.1 Å². The van der Waals surface area contributed by atoms with Crippen molar-refractivity contribution in [2.75, 3.05) is 23.8 Å². The standard InChI is InChI=1S/C24H27N3O2/c1-16-3-7-19(8-4-16)27(2)20-9-10-21-17(13-20)5-6-18(21)14-26-23-15-25-12-11-22(23)24(28)29/h3-4,7-13,15,18,24,26,28-29H,5-6,14H2,1-2H3/t18-/m1/s1. The zero-order chi connectivity index (χ0) is 20.4. The number of nitrogens with zero attached hydrogens (tertiary/aromatic N) is 2. The first kappa shape index (κ1) is 19.4. The summed E-state index contributed by atoms with van der Waals surface area (Å²) in [7, 11) is 2.10. The van der Waals surface area contributed by atoms with Gasteiger partial charge in [-0.05, 0) is 61.2 Å². The molecule has 0 saturated carbocycles. The first-order valence-electron chi connectivity index (χ1n) is 10.00. The van der Waals surface area contributed by atoms with E-state index in [4.69, 9.17) is 0 Å². The largest absolute Gasteiger partial charge is 0.383 e. The van der Waals surface area contributed by atoms with Crippen LogP contribution in [-0.2, 0) is 6.42 Å². The molecule has 1 atom stereocenters. The average molecular weight is 389 g/mol. The van der Waals surface area contributed by atoms with Crippen molar-refractivity contribution < 1.29 is 10.2 Å². The van der Waals surface area contributed by atoms with Crippen molar-refractivity contribution in [2.24, 2.45) is 0 Å². The van der Waals surface area contributed by atoms with Crippen molar-refractivity contribution in [3.05, 3.63) is 83.2 Å². The van der Waals surface area contributed by atoms with Gasteiger partial charge in [0.25, 0.3) is 0 Å². The van der Waals surface area contributed by atoms with E-state index in [1.807, 2.05) is 0 Å². The summed E-state index contributed by atoms with van der Waals surface area (Å²) in [6.45, 7) is 2.84. The Morgan fingerprint density at radius 2 is 1.86 bits per heavy atom. The number of aliphatic hydroxyl groups excluding tert-OH is 1. The Kier molecular flexibility index (Phi) is 5.51. The number of fused-ring (bicyclic) bond motifs is 1. The lowest BCUT2D eigenvalue weighted by Crippen LogP contribution is -2.13. The van der Waals surface area contributed by atoms with E-state index in [0.29, 0.717) is 17.2 Å². The second kappa shape index (κ2) is 8.23. The molecule has 0 saturated heterocycles. The number of rotatable bonds is 6. The van der Waals surface area contributed by atoms with Crippen molar-refractivity contribution in [3.63, 3.8) is 0 Å². The minimum atomic E-state index is -1.50. The number of aromatic nitrogens is 1. The smallest absolute Gasteiger partial charge is 0.180 e. The van der Waals surface area contributed by atoms with E-state index in [1.54, 1.807) is 18.5 Å². The molecule has 150 valence electrons. The van der Waals surface area contributed by atoms with Gasteiger partial charge in [0.05, 0.1) is 11.9 Å². The quantitative estimate of drug-likeness (QED) is 0.549. The van der Waals surface area contributed by atoms with Crippen LogP contribution in [0.2, 0.25) is 0 Å². The number of benzene rings is 2. The van der Waals surface area contributed by atoms with Gasteiger partial charge in [-0.3, -0.25) is 4.98 Å². The summed E-state index contributed by atoms with van der Waals surface area (Å²) in [4.78, 5) is 6.31. The predicted octanol–water partition coefficient (Wildman–Crippen LogP) is 4.28. The topological polar surface area (TPSA) is 68.6 Å². The fourth-order valence-corrected chi connectivity index (χ4v) is 4.04. The van der Waals surface area contributed by atoms with Crippen LogP contribution in [0.3, 0.4) is 0 Å².